The van der Waals surface area contributed by atoms with E-state index in [4.69, 9.17) is 5.26 Å². The summed E-state index contributed by atoms with van der Waals surface area (Å²) >= 11 is 0. The van der Waals surface area contributed by atoms with Crippen LogP contribution in [-0.4, -0.2) is 5.78 Å². The van der Waals surface area contributed by atoms with Gasteiger partial charge in [-0.05, 0) is 12.0 Å². The van der Waals surface area contributed by atoms with E-state index >= 15 is 0 Å². The molecule has 1 atom stereocenters. The molecule has 1 aromatic rings. The minimum absolute atomic E-state index is 0.0150. The van der Waals surface area contributed by atoms with Crippen LogP contribution in [0.5, 0.6) is 0 Å². The molecular formula is C12H13NO. The van der Waals surface area contributed by atoms with Crippen LogP contribution in [0.1, 0.15) is 31.2 Å². The summed E-state index contributed by atoms with van der Waals surface area (Å²) in [6.07, 6.45) is 1.27. The molecule has 2 nitrogen and oxygen atoms in total. The Hall–Kier alpha value is -1.62. The molecule has 72 valence electrons. The molecule has 14 heavy (non-hydrogen) atoms. The van der Waals surface area contributed by atoms with Gasteiger partial charge in [-0.1, -0.05) is 37.3 Å². The SMILES string of the molecule is CCCC(=O)C(C#N)c1ccccc1. The predicted molar refractivity (Wildman–Crippen MR) is 54.7 cm³/mol. The molecule has 0 bridgehead atoms. The first-order chi connectivity index (χ1) is 6.79. The Morgan fingerprint density at radius 1 is 1.43 bits per heavy atom. The van der Waals surface area contributed by atoms with Crippen LogP contribution in [-0.2, 0) is 4.79 Å². The van der Waals surface area contributed by atoms with Gasteiger partial charge in [0.1, 0.15) is 5.92 Å². The van der Waals surface area contributed by atoms with E-state index in [-0.39, 0.29) is 5.78 Å². The van der Waals surface area contributed by atoms with Gasteiger partial charge < -0.3 is 0 Å². The number of rotatable bonds is 4. The molecule has 0 aliphatic heterocycles. The maximum atomic E-state index is 11.6. The molecule has 0 amide bonds. The van der Waals surface area contributed by atoms with Crippen molar-refractivity contribution in [2.24, 2.45) is 0 Å². The van der Waals surface area contributed by atoms with E-state index in [0.717, 1.165) is 12.0 Å². The Bertz CT molecular complexity index is 337. The molecule has 1 aromatic carbocycles. The van der Waals surface area contributed by atoms with Crippen LogP contribution in [0.2, 0.25) is 0 Å². The van der Waals surface area contributed by atoms with Crippen LogP contribution >= 0.6 is 0 Å². The molecule has 0 aromatic heterocycles. The van der Waals surface area contributed by atoms with E-state index < -0.39 is 5.92 Å². The van der Waals surface area contributed by atoms with Crippen molar-refractivity contribution >= 4 is 5.78 Å². The molecular weight excluding hydrogens is 174 g/mol. The molecule has 0 N–H and O–H groups in total. The van der Waals surface area contributed by atoms with Crippen molar-refractivity contribution in [1.29, 1.82) is 5.26 Å². The number of carbonyl (C=O) groups is 1. The first-order valence-corrected chi connectivity index (χ1v) is 4.77. The first kappa shape index (κ1) is 10.5. The first-order valence-electron chi connectivity index (χ1n) is 4.77. The van der Waals surface area contributed by atoms with Gasteiger partial charge in [-0.2, -0.15) is 5.26 Å². The number of ketones is 1. The summed E-state index contributed by atoms with van der Waals surface area (Å²) in [5, 5.41) is 8.91. The Kier molecular flexibility index (Phi) is 3.87. The van der Waals surface area contributed by atoms with Crippen LogP contribution in [0.3, 0.4) is 0 Å². The summed E-state index contributed by atoms with van der Waals surface area (Å²) < 4.78 is 0. The van der Waals surface area contributed by atoms with Crippen molar-refractivity contribution in [3.05, 3.63) is 35.9 Å². The lowest BCUT2D eigenvalue weighted by Gasteiger charge is -2.06. The number of carbonyl (C=O) groups excluding carboxylic acids is 1. The third kappa shape index (κ3) is 2.43. The Balaban J connectivity index is 2.84. The lowest BCUT2D eigenvalue weighted by atomic mass is 9.94. The highest BCUT2D eigenvalue weighted by Gasteiger charge is 2.18. The highest BCUT2D eigenvalue weighted by Crippen LogP contribution is 2.17. The molecule has 0 aliphatic carbocycles. The maximum absolute atomic E-state index is 11.6. The van der Waals surface area contributed by atoms with E-state index in [9.17, 15) is 4.79 Å². The third-order valence-electron chi connectivity index (χ3n) is 2.08. The highest BCUT2D eigenvalue weighted by molar-refractivity contribution is 5.88. The van der Waals surface area contributed by atoms with Crippen LogP contribution in [0.4, 0.5) is 0 Å². The van der Waals surface area contributed by atoms with Crippen LogP contribution in [0.25, 0.3) is 0 Å². The second kappa shape index (κ2) is 5.18. The van der Waals surface area contributed by atoms with Crippen LogP contribution in [0, 0.1) is 11.3 Å². The highest BCUT2D eigenvalue weighted by atomic mass is 16.1. The third-order valence-corrected chi connectivity index (χ3v) is 2.08. The number of hydrogen-bond acceptors (Lipinski definition) is 2. The zero-order valence-electron chi connectivity index (χ0n) is 8.23. The summed E-state index contributed by atoms with van der Waals surface area (Å²) in [5.41, 5.74) is 0.799. The minimum Gasteiger partial charge on any atom is -0.298 e. The number of Topliss-reactive ketones (excluding diaryl/α,β-unsaturated/α-hetero) is 1. The molecule has 0 radical (unpaired) electrons. The van der Waals surface area contributed by atoms with Gasteiger partial charge in [0.15, 0.2) is 5.78 Å². The van der Waals surface area contributed by atoms with E-state index in [1.165, 1.54) is 0 Å². The molecule has 1 rings (SSSR count). The number of nitriles is 1. The fraction of sp³-hybridized carbons (Fsp3) is 0.333. The van der Waals surface area contributed by atoms with E-state index in [2.05, 4.69) is 6.07 Å². The standard InChI is InChI=1S/C12H13NO/c1-2-6-12(14)11(9-13)10-7-4-3-5-8-10/h3-5,7-8,11H,2,6H2,1H3. The Morgan fingerprint density at radius 3 is 2.57 bits per heavy atom. The van der Waals surface area contributed by atoms with Gasteiger partial charge in [-0.15, -0.1) is 0 Å². The smallest absolute Gasteiger partial charge is 0.154 e. The largest absolute Gasteiger partial charge is 0.298 e. The number of hydrogen-bond donors (Lipinski definition) is 0. The monoisotopic (exact) mass is 187 g/mol. The fourth-order valence-electron chi connectivity index (χ4n) is 1.37. The summed E-state index contributed by atoms with van der Waals surface area (Å²) in [7, 11) is 0. The molecule has 0 saturated carbocycles. The van der Waals surface area contributed by atoms with Crippen molar-refractivity contribution < 1.29 is 4.79 Å². The quantitative estimate of drug-likeness (QED) is 0.727. The van der Waals surface area contributed by atoms with Crippen molar-refractivity contribution in [2.45, 2.75) is 25.7 Å². The van der Waals surface area contributed by atoms with Gasteiger partial charge in [0.05, 0.1) is 6.07 Å². The molecule has 0 saturated heterocycles. The lowest BCUT2D eigenvalue weighted by Crippen LogP contribution is -2.09. The van der Waals surface area contributed by atoms with Crippen molar-refractivity contribution in [3.63, 3.8) is 0 Å². The maximum Gasteiger partial charge on any atom is 0.154 e. The van der Waals surface area contributed by atoms with Gasteiger partial charge in [0, 0.05) is 6.42 Å². The number of benzene rings is 1. The average molecular weight is 187 g/mol. The summed E-state index contributed by atoms with van der Waals surface area (Å²) in [6, 6.07) is 11.3. The van der Waals surface area contributed by atoms with E-state index in [1.54, 1.807) is 0 Å². The molecule has 0 fully saturated rings. The van der Waals surface area contributed by atoms with Gasteiger partial charge in [0.2, 0.25) is 0 Å². The lowest BCUT2D eigenvalue weighted by molar-refractivity contribution is -0.119. The molecule has 1 unspecified atom stereocenters. The molecule has 0 aliphatic rings. The van der Waals surface area contributed by atoms with Crippen molar-refractivity contribution in [3.8, 4) is 6.07 Å². The average Bonchev–Trinajstić information content (AvgIpc) is 2.21. The molecule has 0 heterocycles. The zero-order valence-corrected chi connectivity index (χ0v) is 8.23. The molecule has 0 spiro atoms. The van der Waals surface area contributed by atoms with Crippen LogP contribution < -0.4 is 0 Å². The van der Waals surface area contributed by atoms with Crippen molar-refractivity contribution in [1.82, 2.24) is 0 Å². The summed E-state index contributed by atoms with van der Waals surface area (Å²) in [5.74, 6) is -0.572. The summed E-state index contributed by atoms with van der Waals surface area (Å²) in [4.78, 5) is 11.6. The summed E-state index contributed by atoms with van der Waals surface area (Å²) in [6.45, 7) is 1.94. The van der Waals surface area contributed by atoms with E-state index in [0.29, 0.717) is 6.42 Å². The fourth-order valence-corrected chi connectivity index (χ4v) is 1.37. The van der Waals surface area contributed by atoms with Crippen molar-refractivity contribution in [2.75, 3.05) is 0 Å². The van der Waals surface area contributed by atoms with Crippen LogP contribution in [0.15, 0.2) is 30.3 Å². The topological polar surface area (TPSA) is 40.9 Å². The molecule has 2 heteroatoms. The second-order valence-electron chi connectivity index (χ2n) is 3.19. The zero-order chi connectivity index (χ0) is 10.4. The van der Waals surface area contributed by atoms with Gasteiger partial charge >= 0.3 is 0 Å². The van der Waals surface area contributed by atoms with Gasteiger partial charge in [-0.25, -0.2) is 0 Å². The Labute approximate surface area is 84.2 Å². The van der Waals surface area contributed by atoms with Gasteiger partial charge in [0.25, 0.3) is 0 Å². The van der Waals surface area contributed by atoms with E-state index in [1.807, 2.05) is 37.3 Å². The number of nitrogens with zero attached hydrogens (tertiary/aromatic N) is 1. The second-order valence-corrected chi connectivity index (χ2v) is 3.19. The van der Waals surface area contributed by atoms with Gasteiger partial charge in [-0.3, -0.25) is 4.79 Å². The predicted octanol–water partition coefficient (Wildman–Crippen LogP) is 2.66. The Morgan fingerprint density at radius 2 is 2.07 bits per heavy atom. The minimum atomic E-state index is -0.587. The normalized spacial score (nSPS) is 11.7.